The molecular weight excluding hydrogens is 462 g/mol. The highest BCUT2D eigenvalue weighted by molar-refractivity contribution is 5.96. The molecule has 182 valence electrons. The van der Waals surface area contributed by atoms with Crippen molar-refractivity contribution in [1.29, 1.82) is 0 Å². The standard InChI is InChI=1S/C24H19N5O3.C2H4O2/c25-10-14-4-3-5-15(26-14)11-29-12-17(16-6-1-2-7-20(16)29)23-24(30)28-19-9-22-21(31-13-32-22)8-18(19)27-23;1-2(3)4/h1-9,12H,10-11,13,25H2,(H,28,30);1H3,(H,3,4). The minimum Gasteiger partial charge on any atom is -0.481 e. The molecule has 10 nitrogen and oxygen atoms in total. The maximum Gasteiger partial charge on any atom is 0.300 e. The van der Waals surface area contributed by atoms with E-state index in [-0.39, 0.29) is 12.4 Å². The van der Waals surface area contributed by atoms with Crippen LogP contribution in [0.2, 0.25) is 0 Å². The summed E-state index contributed by atoms with van der Waals surface area (Å²) >= 11 is 0. The summed E-state index contributed by atoms with van der Waals surface area (Å²) in [5, 5.41) is 8.36. The molecule has 3 aromatic heterocycles. The van der Waals surface area contributed by atoms with Crippen molar-refractivity contribution in [2.75, 3.05) is 6.79 Å². The highest BCUT2D eigenvalue weighted by atomic mass is 16.7. The lowest BCUT2D eigenvalue weighted by Gasteiger charge is -2.06. The second kappa shape index (κ2) is 9.51. The summed E-state index contributed by atoms with van der Waals surface area (Å²) in [7, 11) is 0. The molecule has 0 bridgehead atoms. The van der Waals surface area contributed by atoms with Crippen LogP contribution in [-0.2, 0) is 17.9 Å². The van der Waals surface area contributed by atoms with Crippen molar-refractivity contribution in [1.82, 2.24) is 19.5 Å². The number of pyridine rings is 1. The van der Waals surface area contributed by atoms with Crippen LogP contribution >= 0.6 is 0 Å². The number of carbonyl (C=O) groups is 1. The zero-order valence-electron chi connectivity index (χ0n) is 19.4. The average molecular weight is 486 g/mol. The average Bonchev–Trinajstić information content (AvgIpc) is 3.46. The van der Waals surface area contributed by atoms with Crippen LogP contribution in [0.5, 0.6) is 11.5 Å². The first-order chi connectivity index (χ1) is 17.4. The number of hydrogen-bond acceptors (Lipinski definition) is 7. The third-order valence-corrected chi connectivity index (χ3v) is 5.64. The predicted octanol–water partition coefficient (Wildman–Crippen LogP) is 3.27. The lowest BCUT2D eigenvalue weighted by Crippen LogP contribution is -2.11. The van der Waals surface area contributed by atoms with E-state index in [1.165, 1.54) is 0 Å². The first-order valence-electron chi connectivity index (χ1n) is 11.2. The van der Waals surface area contributed by atoms with E-state index < -0.39 is 5.97 Å². The van der Waals surface area contributed by atoms with Crippen LogP contribution < -0.4 is 20.8 Å². The quantitative estimate of drug-likeness (QED) is 0.352. The van der Waals surface area contributed by atoms with Gasteiger partial charge >= 0.3 is 0 Å². The number of H-pyrrole nitrogens is 1. The summed E-state index contributed by atoms with van der Waals surface area (Å²) in [6.07, 6.45) is 1.96. The van der Waals surface area contributed by atoms with Crippen LogP contribution in [0.1, 0.15) is 18.3 Å². The van der Waals surface area contributed by atoms with Crippen LogP contribution in [0, 0.1) is 0 Å². The number of carboxylic acids is 1. The zero-order valence-corrected chi connectivity index (χ0v) is 19.4. The molecule has 6 rings (SSSR count). The molecule has 5 aromatic rings. The molecule has 1 aliphatic heterocycles. The molecule has 4 heterocycles. The Kier molecular flexibility index (Phi) is 6.09. The fourth-order valence-electron chi connectivity index (χ4n) is 4.13. The van der Waals surface area contributed by atoms with Crippen LogP contribution in [0.4, 0.5) is 0 Å². The highest BCUT2D eigenvalue weighted by Gasteiger charge is 2.19. The summed E-state index contributed by atoms with van der Waals surface area (Å²) in [6.45, 7) is 2.19. The van der Waals surface area contributed by atoms with E-state index in [2.05, 4.69) is 14.5 Å². The molecule has 0 unspecified atom stereocenters. The van der Waals surface area contributed by atoms with Gasteiger partial charge in [-0.3, -0.25) is 14.6 Å². The number of nitrogens with one attached hydrogen (secondary N) is 1. The number of ether oxygens (including phenoxy) is 2. The van der Waals surface area contributed by atoms with Crippen molar-refractivity contribution in [2.24, 2.45) is 5.73 Å². The molecule has 0 aliphatic carbocycles. The minimum atomic E-state index is -0.833. The molecule has 2 aromatic carbocycles. The van der Waals surface area contributed by atoms with E-state index in [1.807, 2.05) is 48.7 Å². The Morgan fingerprint density at radius 1 is 1.08 bits per heavy atom. The molecule has 10 heteroatoms. The first kappa shape index (κ1) is 23.1. The summed E-state index contributed by atoms with van der Waals surface area (Å²) in [5.74, 6) is 0.391. The summed E-state index contributed by atoms with van der Waals surface area (Å²) in [5.41, 5.74) is 10.6. The number of nitrogens with two attached hydrogens (primary N) is 1. The van der Waals surface area contributed by atoms with Gasteiger partial charge < -0.3 is 29.9 Å². The summed E-state index contributed by atoms with van der Waals surface area (Å²) < 4.78 is 13.0. The number of para-hydroxylation sites is 1. The molecular formula is C26H23N5O5. The lowest BCUT2D eigenvalue weighted by atomic mass is 10.1. The number of fused-ring (bicyclic) bond motifs is 3. The largest absolute Gasteiger partial charge is 0.481 e. The van der Waals surface area contributed by atoms with Gasteiger partial charge in [0.25, 0.3) is 11.5 Å². The van der Waals surface area contributed by atoms with Gasteiger partial charge in [-0.1, -0.05) is 24.3 Å². The van der Waals surface area contributed by atoms with Gasteiger partial charge in [0.15, 0.2) is 11.5 Å². The molecule has 0 fully saturated rings. The van der Waals surface area contributed by atoms with Gasteiger partial charge in [0.05, 0.1) is 29.0 Å². The number of benzene rings is 2. The van der Waals surface area contributed by atoms with E-state index in [0.29, 0.717) is 41.3 Å². The number of hydrogen-bond donors (Lipinski definition) is 3. The third-order valence-electron chi connectivity index (χ3n) is 5.64. The van der Waals surface area contributed by atoms with E-state index >= 15 is 0 Å². The number of aliphatic carboxylic acids is 1. The highest BCUT2D eigenvalue weighted by Crippen LogP contribution is 2.35. The smallest absolute Gasteiger partial charge is 0.300 e. The number of rotatable bonds is 4. The molecule has 0 spiro atoms. The van der Waals surface area contributed by atoms with E-state index in [4.69, 9.17) is 30.1 Å². The Balaban J connectivity index is 0.000000623. The Morgan fingerprint density at radius 2 is 1.81 bits per heavy atom. The van der Waals surface area contributed by atoms with Gasteiger partial charge in [-0.25, -0.2) is 4.98 Å². The van der Waals surface area contributed by atoms with Crippen LogP contribution in [-0.4, -0.2) is 37.4 Å². The van der Waals surface area contributed by atoms with Gasteiger partial charge in [-0.2, -0.15) is 0 Å². The number of aromatic amines is 1. The van der Waals surface area contributed by atoms with Gasteiger partial charge in [0.2, 0.25) is 6.79 Å². The van der Waals surface area contributed by atoms with Crippen molar-refractivity contribution in [3.8, 4) is 22.8 Å². The fourth-order valence-corrected chi connectivity index (χ4v) is 4.13. The maximum atomic E-state index is 13.0. The SMILES string of the molecule is CC(=O)O.NCc1cccc(Cn2cc(-c3nc4cc5c(cc4[nH]c3=O)OCO5)c3ccccc32)n1. The Hall–Kier alpha value is -4.70. The number of aromatic nitrogens is 4. The molecule has 0 atom stereocenters. The van der Waals surface area contributed by atoms with Gasteiger partial charge in [-0.15, -0.1) is 0 Å². The van der Waals surface area contributed by atoms with Gasteiger partial charge in [-0.05, 0) is 18.2 Å². The third kappa shape index (κ3) is 4.49. The second-order valence-electron chi connectivity index (χ2n) is 8.17. The molecule has 0 saturated heterocycles. The Morgan fingerprint density at radius 3 is 2.58 bits per heavy atom. The van der Waals surface area contributed by atoms with Crippen LogP contribution in [0.3, 0.4) is 0 Å². The van der Waals surface area contributed by atoms with Crippen molar-refractivity contribution in [2.45, 2.75) is 20.0 Å². The van der Waals surface area contributed by atoms with Crippen molar-refractivity contribution in [3.05, 3.63) is 82.5 Å². The molecule has 0 saturated carbocycles. The number of nitrogens with zero attached hydrogens (tertiary/aromatic N) is 3. The minimum absolute atomic E-state index is 0.162. The Bertz CT molecular complexity index is 1650. The molecule has 36 heavy (non-hydrogen) atoms. The van der Waals surface area contributed by atoms with E-state index in [9.17, 15) is 4.79 Å². The monoisotopic (exact) mass is 485 g/mol. The predicted molar refractivity (Wildman–Crippen MR) is 134 cm³/mol. The van der Waals surface area contributed by atoms with Crippen molar-refractivity contribution < 1.29 is 19.4 Å². The van der Waals surface area contributed by atoms with Crippen molar-refractivity contribution in [3.63, 3.8) is 0 Å². The number of carboxylic acid groups (broad SMARTS) is 1. The molecule has 0 radical (unpaired) electrons. The molecule has 4 N–H and O–H groups in total. The maximum absolute atomic E-state index is 13.0. The summed E-state index contributed by atoms with van der Waals surface area (Å²) in [6, 6.07) is 17.3. The van der Waals surface area contributed by atoms with Crippen LogP contribution in [0.15, 0.2) is 65.6 Å². The first-order valence-corrected chi connectivity index (χ1v) is 11.2. The molecule has 1 aliphatic rings. The van der Waals surface area contributed by atoms with Gasteiger partial charge in [0.1, 0.15) is 5.69 Å². The lowest BCUT2D eigenvalue weighted by molar-refractivity contribution is -0.134. The fraction of sp³-hybridized carbons (Fsp3) is 0.154. The van der Waals surface area contributed by atoms with Crippen LogP contribution in [0.25, 0.3) is 33.2 Å². The summed E-state index contributed by atoms with van der Waals surface area (Å²) in [4.78, 5) is 34.2. The second-order valence-corrected chi connectivity index (χ2v) is 8.17. The van der Waals surface area contributed by atoms with E-state index in [1.54, 1.807) is 12.1 Å². The van der Waals surface area contributed by atoms with Gasteiger partial charge in [0, 0.05) is 48.3 Å². The normalized spacial score (nSPS) is 11.9. The topological polar surface area (TPSA) is 145 Å². The van der Waals surface area contributed by atoms with E-state index in [0.717, 1.165) is 34.8 Å². The molecule has 0 amide bonds. The van der Waals surface area contributed by atoms with Crippen molar-refractivity contribution >= 4 is 27.9 Å². The zero-order chi connectivity index (χ0) is 25.2. The Labute approximate surface area is 204 Å².